The Kier molecular flexibility index (Phi) is 8.82. The van der Waals surface area contributed by atoms with Gasteiger partial charge in [-0.1, -0.05) is 48.0 Å². The summed E-state index contributed by atoms with van der Waals surface area (Å²) < 4.78 is 10.5. The van der Waals surface area contributed by atoms with Gasteiger partial charge in [0.2, 0.25) is 11.8 Å². The van der Waals surface area contributed by atoms with E-state index in [2.05, 4.69) is 49.4 Å². The number of benzene rings is 3. The lowest BCUT2D eigenvalue weighted by Crippen LogP contribution is -2.04. The third kappa shape index (κ3) is 7.31. The molecule has 0 aliphatic carbocycles. The van der Waals surface area contributed by atoms with Gasteiger partial charge < -0.3 is 9.47 Å². The van der Waals surface area contributed by atoms with E-state index in [1.807, 2.05) is 38.1 Å². The molecule has 2 N–H and O–H groups in total. The second-order valence-electron chi connectivity index (χ2n) is 8.24. The molecule has 0 aliphatic heterocycles. The van der Waals surface area contributed by atoms with Crippen LogP contribution in [0.3, 0.4) is 0 Å². The summed E-state index contributed by atoms with van der Waals surface area (Å²) in [7, 11) is 0. The summed E-state index contributed by atoms with van der Waals surface area (Å²) in [6.07, 6.45) is 3.92. The van der Waals surface area contributed by atoms with Crippen LogP contribution in [0.4, 0.5) is 0 Å². The summed E-state index contributed by atoms with van der Waals surface area (Å²) in [5.74, 6) is 0.462. The van der Waals surface area contributed by atoms with Crippen LogP contribution in [0.1, 0.15) is 52.8 Å². The Bertz CT molecular complexity index is 986. The molecule has 0 unspecified atom stereocenters. The number of aryl methyl sites for hydroxylation is 5. The predicted molar refractivity (Wildman–Crippen MR) is 136 cm³/mol. The first-order chi connectivity index (χ1) is 16.0. The first-order valence-electron chi connectivity index (χ1n) is 11.7. The van der Waals surface area contributed by atoms with E-state index in [0.29, 0.717) is 13.2 Å². The topological polar surface area (TPSA) is 66.2 Å². The van der Waals surface area contributed by atoms with Gasteiger partial charge in [-0.05, 0) is 93.0 Å². The molecule has 0 heterocycles. The fourth-order valence-electron chi connectivity index (χ4n) is 3.91. The summed E-state index contributed by atoms with van der Waals surface area (Å²) in [4.78, 5) is 0. The molecular weight excluding hydrogens is 408 g/mol. The van der Waals surface area contributed by atoms with Gasteiger partial charge in [-0.3, -0.25) is 10.8 Å². The van der Waals surface area contributed by atoms with Crippen molar-refractivity contribution < 1.29 is 9.47 Å². The van der Waals surface area contributed by atoms with Crippen molar-refractivity contribution in [3.05, 3.63) is 106 Å². The van der Waals surface area contributed by atoms with Gasteiger partial charge in [-0.15, -0.1) is 0 Å². The van der Waals surface area contributed by atoms with Crippen LogP contribution >= 0.6 is 0 Å². The van der Waals surface area contributed by atoms with Gasteiger partial charge >= 0.3 is 0 Å². The molecule has 0 saturated carbocycles. The van der Waals surface area contributed by atoms with Crippen molar-refractivity contribution in [2.75, 3.05) is 13.2 Å². The minimum absolute atomic E-state index is 0.231. The molecule has 3 aromatic rings. The third-order valence-corrected chi connectivity index (χ3v) is 5.61. The van der Waals surface area contributed by atoms with Crippen molar-refractivity contribution in [2.24, 2.45) is 0 Å². The van der Waals surface area contributed by atoms with Gasteiger partial charge in [0.05, 0.1) is 13.2 Å². The van der Waals surface area contributed by atoms with Crippen LogP contribution in [0.25, 0.3) is 0 Å². The summed E-state index contributed by atoms with van der Waals surface area (Å²) in [5, 5.41) is 15.8. The highest BCUT2D eigenvalue weighted by atomic mass is 16.5. The standard InChI is InChI=1S/C29H34N2O2/c1-4-32-28(30)26-14-10-22(11-15-26)6-8-24-18-21(3)19-25(20-24)9-7-23-12-16-27(17-13-23)29(31)33-5-2/h10-20,30-31H,4-9H2,1-3H3. The zero-order valence-corrected chi connectivity index (χ0v) is 19.9. The molecule has 3 aromatic carbocycles. The van der Waals surface area contributed by atoms with Crippen molar-refractivity contribution in [2.45, 2.75) is 46.5 Å². The Morgan fingerprint density at radius 2 is 0.939 bits per heavy atom. The molecule has 0 saturated heterocycles. The number of nitrogens with one attached hydrogen (secondary N) is 2. The zero-order chi connectivity index (χ0) is 23.6. The lowest BCUT2D eigenvalue weighted by atomic mass is 9.96. The fraction of sp³-hybridized carbons (Fsp3) is 0.310. The van der Waals surface area contributed by atoms with Crippen LogP contribution in [0.5, 0.6) is 0 Å². The largest absolute Gasteiger partial charge is 0.478 e. The summed E-state index contributed by atoms with van der Waals surface area (Å²) in [6.45, 7) is 6.98. The Morgan fingerprint density at radius 3 is 1.30 bits per heavy atom. The molecule has 4 heteroatoms. The van der Waals surface area contributed by atoms with E-state index >= 15 is 0 Å². The van der Waals surface area contributed by atoms with E-state index in [-0.39, 0.29) is 11.8 Å². The van der Waals surface area contributed by atoms with E-state index < -0.39 is 0 Å². The summed E-state index contributed by atoms with van der Waals surface area (Å²) in [6, 6.07) is 23.1. The molecule has 33 heavy (non-hydrogen) atoms. The monoisotopic (exact) mass is 442 g/mol. The summed E-state index contributed by atoms with van der Waals surface area (Å²) in [5.41, 5.74) is 8.19. The number of hydrogen-bond donors (Lipinski definition) is 2. The molecule has 0 aromatic heterocycles. The normalized spacial score (nSPS) is 10.6. The van der Waals surface area contributed by atoms with Crippen molar-refractivity contribution in [3.63, 3.8) is 0 Å². The predicted octanol–water partition coefficient (Wildman–Crippen LogP) is 6.29. The average Bonchev–Trinajstić information content (AvgIpc) is 2.82. The maximum absolute atomic E-state index is 7.89. The zero-order valence-electron chi connectivity index (χ0n) is 19.9. The lowest BCUT2D eigenvalue weighted by Gasteiger charge is -2.10. The smallest absolute Gasteiger partial charge is 0.213 e. The van der Waals surface area contributed by atoms with Gasteiger partial charge in [0, 0.05) is 11.1 Å². The molecule has 0 radical (unpaired) electrons. The van der Waals surface area contributed by atoms with Crippen LogP contribution in [0, 0.1) is 17.7 Å². The van der Waals surface area contributed by atoms with Crippen molar-refractivity contribution >= 4 is 11.8 Å². The Balaban J connectivity index is 1.57. The van der Waals surface area contributed by atoms with Crippen LogP contribution < -0.4 is 0 Å². The molecule has 0 amide bonds. The molecule has 3 rings (SSSR count). The number of rotatable bonds is 10. The second kappa shape index (κ2) is 12.0. The first-order valence-corrected chi connectivity index (χ1v) is 11.7. The minimum Gasteiger partial charge on any atom is -0.478 e. The second-order valence-corrected chi connectivity index (χ2v) is 8.24. The van der Waals surface area contributed by atoms with Crippen molar-refractivity contribution in [1.82, 2.24) is 0 Å². The van der Waals surface area contributed by atoms with Crippen LogP contribution in [-0.2, 0) is 35.2 Å². The fourth-order valence-corrected chi connectivity index (χ4v) is 3.91. The van der Waals surface area contributed by atoms with Crippen LogP contribution in [-0.4, -0.2) is 25.0 Å². The van der Waals surface area contributed by atoms with E-state index in [1.54, 1.807) is 0 Å². The first kappa shape index (κ1) is 24.2. The van der Waals surface area contributed by atoms with Crippen molar-refractivity contribution in [3.8, 4) is 0 Å². The number of ether oxygens (including phenoxy) is 2. The van der Waals surface area contributed by atoms with Gasteiger partial charge in [-0.2, -0.15) is 0 Å². The van der Waals surface area contributed by atoms with E-state index in [4.69, 9.17) is 20.3 Å². The van der Waals surface area contributed by atoms with Crippen LogP contribution in [0.2, 0.25) is 0 Å². The highest BCUT2D eigenvalue weighted by molar-refractivity contribution is 5.92. The highest BCUT2D eigenvalue weighted by Crippen LogP contribution is 2.16. The van der Waals surface area contributed by atoms with Gasteiger partial charge in [0.25, 0.3) is 0 Å². The molecule has 172 valence electrons. The van der Waals surface area contributed by atoms with E-state index in [9.17, 15) is 0 Å². The Morgan fingerprint density at radius 1 is 0.576 bits per heavy atom. The van der Waals surface area contributed by atoms with Crippen LogP contribution in [0.15, 0.2) is 66.7 Å². The highest BCUT2D eigenvalue weighted by Gasteiger charge is 2.05. The average molecular weight is 443 g/mol. The molecule has 0 bridgehead atoms. The SMILES string of the molecule is CCOC(=N)c1ccc(CCc2cc(C)cc(CCc3ccc(C(=N)OCC)cc3)c2)cc1. The maximum atomic E-state index is 7.89. The molecule has 0 fully saturated rings. The Labute approximate surface area is 197 Å². The maximum Gasteiger partial charge on any atom is 0.213 e. The lowest BCUT2D eigenvalue weighted by molar-refractivity contribution is 0.325. The minimum atomic E-state index is 0.231. The molecular formula is C29H34N2O2. The van der Waals surface area contributed by atoms with Crippen molar-refractivity contribution in [1.29, 1.82) is 10.8 Å². The molecule has 4 nitrogen and oxygen atoms in total. The third-order valence-electron chi connectivity index (χ3n) is 5.61. The Hall–Kier alpha value is -3.40. The molecule has 0 aliphatic rings. The van der Waals surface area contributed by atoms with E-state index in [1.165, 1.54) is 27.8 Å². The van der Waals surface area contributed by atoms with Gasteiger partial charge in [0.1, 0.15) is 0 Å². The van der Waals surface area contributed by atoms with Gasteiger partial charge in [0.15, 0.2) is 0 Å². The van der Waals surface area contributed by atoms with Gasteiger partial charge in [-0.25, -0.2) is 0 Å². The molecule has 0 spiro atoms. The van der Waals surface area contributed by atoms with E-state index in [0.717, 1.165) is 36.8 Å². The molecule has 0 atom stereocenters. The quantitative estimate of drug-likeness (QED) is 0.286. The summed E-state index contributed by atoms with van der Waals surface area (Å²) >= 11 is 0. The number of hydrogen-bond acceptors (Lipinski definition) is 4.